The smallest absolute Gasteiger partial charge is 0.123 e. The van der Waals surface area contributed by atoms with Gasteiger partial charge in [0.15, 0.2) is 0 Å². The lowest BCUT2D eigenvalue weighted by molar-refractivity contribution is -0.111. The first-order valence-electron chi connectivity index (χ1n) is 5.46. The Kier molecular flexibility index (Phi) is 3.11. The monoisotopic (exact) mass is 222 g/mol. The zero-order valence-corrected chi connectivity index (χ0v) is 9.63. The zero-order valence-electron chi connectivity index (χ0n) is 8.87. The fraction of sp³-hybridized carbons (Fsp3) is 0.462. The first-order valence-corrected chi connectivity index (χ1v) is 5.84. The van der Waals surface area contributed by atoms with E-state index >= 15 is 0 Å². The Balaban J connectivity index is 2.45. The van der Waals surface area contributed by atoms with E-state index < -0.39 is 0 Å². The van der Waals surface area contributed by atoms with Gasteiger partial charge < -0.3 is 4.79 Å². The standard InChI is InChI=1S/C13H15ClO/c1-9(8-15)11-6-2-4-10-5-3-7-12(14)13(10)11/h3,5,7-9,11H,2,4,6H2,1H3. The number of carbonyl (C=O) groups is 1. The maximum atomic E-state index is 10.9. The van der Waals surface area contributed by atoms with Crippen molar-refractivity contribution >= 4 is 17.9 Å². The highest BCUT2D eigenvalue weighted by Crippen LogP contribution is 2.39. The summed E-state index contributed by atoms with van der Waals surface area (Å²) >= 11 is 6.22. The second-order valence-electron chi connectivity index (χ2n) is 4.31. The predicted octanol–water partition coefficient (Wildman–Crippen LogP) is 3.59. The Morgan fingerprint density at radius 3 is 3.07 bits per heavy atom. The van der Waals surface area contributed by atoms with Gasteiger partial charge in [0.1, 0.15) is 6.29 Å². The Labute approximate surface area is 95.4 Å². The second kappa shape index (κ2) is 4.36. The summed E-state index contributed by atoms with van der Waals surface area (Å²) in [6.07, 6.45) is 4.38. The predicted molar refractivity (Wildman–Crippen MR) is 62.4 cm³/mol. The number of hydrogen-bond donors (Lipinski definition) is 0. The normalized spacial score (nSPS) is 21.9. The third-order valence-electron chi connectivity index (χ3n) is 3.32. The first kappa shape index (κ1) is 10.7. The molecule has 0 aliphatic heterocycles. The lowest BCUT2D eigenvalue weighted by atomic mass is 9.77. The van der Waals surface area contributed by atoms with Crippen molar-refractivity contribution in [3.63, 3.8) is 0 Å². The van der Waals surface area contributed by atoms with Crippen LogP contribution in [0, 0.1) is 5.92 Å². The highest BCUT2D eigenvalue weighted by Gasteiger charge is 2.26. The van der Waals surface area contributed by atoms with Gasteiger partial charge in [-0.2, -0.15) is 0 Å². The van der Waals surface area contributed by atoms with Crippen LogP contribution in [0.25, 0.3) is 0 Å². The quantitative estimate of drug-likeness (QED) is 0.699. The summed E-state index contributed by atoms with van der Waals surface area (Å²) in [6.45, 7) is 1.98. The summed E-state index contributed by atoms with van der Waals surface area (Å²) in [5, 5.41) is 0.825. The average molecular weight is 223 g/mol. The van der Waals surface area contributed by atoms with Crippen LogP contribution >= 0.6 is 11.6 Å². The van der Waals surface area contributed by atoms with E-state index in [1.54, 1.807) is 0 Å². The van der Waals surface area contributed by atoms with Crippen LogP contribution in [0.3, 0.4) is 0 Å². The van der Waals surface area contributed by atoms with Gasteiger partial charge in [-0.1, -0.05) is 30.7 Å². The van der Waals surface area contributed by atoms with Gasteiger partial charge in [0, 0.05) is 10.9 Å². The molecule has 0 aromatic heterocycles. The van der Waals surface area contributed by atoms with Gasteiger partial charge in [0.2, 0.25) is 0 Å². The van der Waals surface area contributed by atoms with Crippen molar-refractivity contribution in [3.8, 4) is 0 Å². The molecule has 0 fully saturated rings. The highest BCUT2D eigenvalue weighted by molar-refractivity contribution is 6.31. The molecule has 2 heteroatoms. The molecule has 1 aliphatic carbocycles. The lowest BCUT2D eigenvalue weighted by Gasteiger charge is -2.28. The van der Waals surface area contributed by atoms with Gasteiger partial charge in [0.25, 0.3) is 0 Å². The molecule has 0 saturated heterocycles. The fourth-order valence-corrected chi connectivity index (χ4v) is 2.83. The minimum atomic E-state index is 0.0731. The van der Waals surface area contributed by atoms with Crippen LogP contribution in [0.15, 0.2) is 18.2 Å². The van der Waals surface area contributed by atoms with E-state index in [2.05, 4.69) is 6.07 Å². The summed E-state index contributed by atoms with van der Waals surface area (Å²) in [6, 6.07) is 6.05. The molecule has 0 saturated carbocycles. The van der Waals surface area contributed by atoms with E-state index in [1.165, 1.54) is 11.1 Å². The van der Waals surface area contributed by atoms with Gasteiger partial charge in [-0.3, -0.25) is 0 Å². The number of fused-ring (bicyclic) bond motifs is 1. The highest BCUT2D eigenvalue weighted by atomic mass is 35.5. The van der Waals surface area contributed by atoms with Crippen LogP contribution in [0.1, 0.15) is 36.8 Å². The van der Waals surface area contributed by atoms with Crippen molar-refractivity contribution in [1.29, 1.82) is 0 Å². The molecule has 0 amide bonds. The first-order chi connectivity index (χ1) is 7.24. The molecule has 0 N–H and O–H groups in total. The van der Waals surface area contributed by atoms with E-state index in [-0.39, 0.29) is 5.92 Å². The number of carbonyl (C=O) groups excluding carboxylic acids is 1. The van der Waals surface area contributed by atoms with Gasteiger partial charge in [0.05, 0.1) is 0 Å². The number of aldehydes is 1. The number of halogens is 1. The lowest BCUT2D eigenvalue weighted by Crippen LogP contribution is -2.17. The van der Waals surface area contributed by atoms with E-state index in [9.17, 15) is 4.79 Å². The van der Waals surface area contributed by atoms with Crippen molar-refractivity contribution in [2.45, 2.75) is 32.1 Å². The summed E-state index contributed by atoms with van der Waals surface area (Å²) in [4.78, 5) is 10.9. The summed E-state index contributed by atoms with van der Waals surface area (Å²) in [5.74, 6) is 0.392. The van der Waals surface area contributed by atoms with Crippen LogP contribution in [0.5, 0.6) is 0 Å². The molecule has 1 nitrogen and oxygen atoms in total. The van der Waals surface area contributed by atoms with Crippen molar-refractivity contribution in [2.24, 2.45) is 5.92 Å². The van der Waals surface area contributed by atoms with Gasteiger partial charge >= 0.3 is 0 Å². The largest absolute Gasteiger partial charge is 0.303 e. The molecule has 0 spiro atoms. The Morgan fingerprint density at radius 1 is 1.53 bits per heavy atom. The van der Waals surface area contributed by atoms with Crippen molar-refractivity contribution in [2.75, 3.05) is 0 Å². The molecule has 1 aromatic rings. The van der Waals surface area contributed by atoms with Crippen molar-refractivity contribution in [1.82, 2.24) is 0 Å². The van der Waals surface area contributed by atoms with Gasteiger partial charge in [-0.15, -0.1) is 0 Å². The topological polar surface area (TPSA) is 17.1 Å². The molecule has 0 radical (unpaired) electrons. The van der Waals surface area contributed by atoms with E-state index in [1.807, 2.05) is 19.1 Å². The molecule has 15 heavy (non-hydrogen) atoms. The summed E-state index contributed by atoms with van der Waals surface area (Å²) < 4.78 is 0. The minimum absolute atomic E-state index is 0.0731. The van der Waals surface area contributed by atoms with Gasteiger partial charge in [-0.25, -0.2) is 0 Å². The van der Waals surface area contributed by atoms with E-state index in [0.29, 0.717) is 5.92 Å². The molecule has 2 unspecified atom stereocenters. The average Bonchev–Trinajstić information content (AvgIpc) is 2.28. The Bertz CT molecular complexity index is 373. The fourth-order valence-electron chi connectivity index (χ4n) is 2.49. The molecular weight excluding hydrogens is 208 g/mol. The van der Waals surface area contributed by atoms with Gasteiger partial charge in [-0.05, 0) is 42.4 Å². The van der Waals surface area contributed by atoms with Crippen molar-refractivity contribution < 1.29 is 4.79 Å². The van der Waals surface area contributed by atoms with E-state index in [4.69, 9.17) is 11.6 Å². The van der Waals surface area contributed by atoms with Crippen LogP contribution < -0.4 is 0 Å². The van der Waals surface area contributed by atoms with Crippen LogP contribution in [-0.2, 0) is 11.2 Å². The number of aryl methyl sites for hydroxylation is 1. The second-order valence-corrected chi connectivity index (χ2v) is 4.71. The zero-order chi connectivity index (χ0) is 10.8. The maximum Gasteiger partial charge on any atom is 0.123 e. The van der Waals surface area contributed by atoms with Crippen molar-refractivity contribution in [3.05, 3.63) is 34.3 Å². The summed E-state index contributed by atoms with van der Waals surface area (Å²) in [7, 11) is 0. The summed E-state index contributed by atoms with van der Waals surface area (Å²) in [5.41, 5.74) is 2.54. The third-order valence-corrected chi connectivity index (χ3v) is 3.65. The number of benzene rings is 1. The van der Waals surface area contributed by atoms with Crippen LogP contribution in [0.2, 0.25) is 5.02 Å². The molecule has 1 aliphatic rings. The molecule has 1 aromatic carbocycles. The number of hydrogen-bond acceptors (Lipinski definition) is 1. The Hall–Kier alpha value is -0.820. The maximum absolute atomic E-state index is 10.9. The molecule has 80 valence electrons. The molecule has 2 atom stereocenters. The number of rotatable bonds is 2. The molecule has 0 heterocycles. The molecule has 2 rings (SSSR count). The van der Waals surface area contributed by atoms with Crippen LogP contribution in [0.4, 0.5) is 0 Å². The minimum Gasteiger partial charge on any atom is -0.303 e. The van der Waals surface area contributed by atoms with E-state index in [0.717, 1.165) is 30.6 Å². The third kappa shape index (κ3) is 1.93. The van der Waals surface area contributed by atoms with Crippen LogP contribution in [-0.4, -0.2) is 6.29 Å². The Morgan fingerprint density at radius 2 is 2.33 bits per heavy atom. The molecular formula is C13H15ClO. The molecule has 0 bridgehead atoms. The SMILES string of the molecule is CC(C=O)C1CCCc2cccc(Cl)c21.